The number of carbonyl (C=O) groups is 1. The monoisotopic (exact) mass is 488 g/mol. The first-order valence-electron chi connectivity index (χ1n) is 10.3. The molecule has 1 heterocycles. The second-order valence-corrected chi connectivity index (χ2v) is 7.66. The van der Waals surface area contributed by atoms with Crippen molar-refractivity contribution in [3.8, 4) is 5.75 Å². The Balaban J connectivity index is 1.77. The van der Waals surface area contributed by atoms with Crippen LogP contribution >= 0.6 is 11.8 Å². The molecule has 0 saturated heterocycles. The largest absolute Gasteiger partial charge is 0.489 e. The Kier molecular flexibility index (Phi) is 8.50. The summed E-state index contributed by atoms with van der Waals surface area (Å²) in [5.41, 5.74) is 6.74. The summed E-state index contributed by atoms with van der Waals surface area (Å²) in [7, 11) is 0. The summed E-state index contributed by atoms with van der Waals surface area (Å²) in [6, 6.07) is 12.0. The highest BCUT2D eigenvalue weighted by Crippen LogP contribution is 2.31. The summed E-state index contributed by atoms with van der Waals surface area (Å²) in [5.74, 6) is -2.96. The summed E-state index contributed by atoms with van der Waals surface area (Å²) in [6.45, 7) is 1.63. The fourth-order valence-corrected chi connectivity index (χ4v) is 3.37. The van der Waals surface area contributed by atoms with Crippen molar-refractivity contribution in [3.63, 3.8) is 0 Å². The van der Waals surface area contributed by atoms with Gasteiger partial charge in [0, 0.05) is 54.0 Å². The smallest absolute Gasteiger partial charge is 0.271 e. The van der Waals surface area contributed by atoms with Gasteiger partial charge in [-0.15, -0.1) is 0 Å². The minimum atomic E-state index is -1.59. The van der Waals surface area contributed by atoms with E-state index in [9.17, 15) is 13.6 Å². The molecule has 1 unspecified atom stereocenters. The molecule has 0 bridgehead atoms. The fourth-order valence-electron chi connectivity index (χ4n) is 3.14. The van der Waals surface area contributed by atoms with Crippen molar-refractivity contribution >= 4 is 23.5 Å². The number of ether oxygens (including phenoxy) is 2. The number of hydrogen-bond acceptors (Lipinski definition) is 5. The lowest BCUT2D eigenvalue weighted by Gasteiger charge is -2.23. The number of benzene rings is 2. The number of nitrogens with two attached hydrogens (primary N) is 1. The third-order valence-electron chi connectivity index (χ3n) is 4.83. The zero-order valence-electron chi connectivity index (χ0n) is 18.3. The Morgan fingerprint density at radius 1 is 1.18 bits per heavy atom. The Morgan fingerprint density at radius 3 is 2.41 bits per heavy atom. The fraction of sp³-hybridized carbons (Fsp3) is 0.208. The van der Waals surface area contributed by atoms with Crippen LogP contribution in [0.2, 0.25) is 0 Å². The van der Waals surface area contributed by atoms with Crippen LogP contribution in [0.5, 0.6) is 5.75 Å². The average Bonchev–Trinajstić information content (AvgIpc) is 2.82. The zero-order chi connectivity index (χ0) is 24.7. The molecular formula is C24H23ClF2N4O3. The number of nitrogens with one attached hydrogen (secondary N) is 1. The highest BCUT2D eigenvalue weighted by Gasteiger charge is 2.32. The molecule has 3 rings (SSSR count). The van der Waals surface area contributed by atoms with Gasteiger partial charge in [0.1, 0.15) is 29.8 Å². The van der Waals surface area contributed by atoms with Crippen molar-refractivity contribution in [2.24, 2.45) is 5.73 Å². The van der Waals surface area contributed by atoms with Crippen molar-refractivity contribution in [2.75, 3.05) is 6.61 Å². The van der Waals surface area contributed by atoms with Crippen molar-refractivity contribution in [1.29, 1.82) is 5.41 Å². The molecule has 0 spiro atoms. The Morgan fingerprint density at radius 2 is 1.85 bits per heavy atom. The zero-order valence-corrected chi connectivity index (χ0v) is 19.1. The lowest BCUT2D eigenvalue weighted by Crippen LogP contribution is -2.30. The first-order valence-corrected chi connectivity index (χ1v) is 10.7. The van der Waals surface area contributed by atoms with Crippen LogP contribution in [0, 0.1) is 17.0 Å². The molecule has 0 radical (unpaired) electrons. The molecule has 1 aromatic heterocycles. The summed E-state index contributed by atoms with van der Waals surface area (Å²) in [4.78, 5) is 16.9. The molecule has 2 aromatic carbocycles. The molecule has 178 valence electrons. The minimum Gasteiger partial charge on any atom is -0.489 e. The number of nitrogens with zero attached hydrogens (tertiary/aromatic N) is 2. The predicted molar refractivity (Wildman–Crippen MR) is 123 cm³/mol. The molecule has 7 nitrogen and oxygen atoms in total. The van der Waals surface area contributed by atoms with Gasteiger partial charge in [-0.2, -0.15) is 0 Å². The van der Waals surface area contributed by atoms with Crippen LogP contribution in [-0.4, -0.2) is 27.8 Å². The second kappa shape index (κ2) is 11.5. The second-order valence-electron chi connectivity index (χ2n) is 7.26. The van der Waals surface area contributed by atoms with Crippen LogP contribution in [0.25, 0.3) is 0 Å². The lowest BCUT2D eigenvalue weighted by molar-refractivity contribution is -0.139. The molecule has 3 aromatic rings. The molecule has 0 fully saturated rings. The summed E-state index contributed by atoms with van der Waals surface area (Å²) in [6.07, 6.45) is 1.59. The number of pyridine rings is 1. The maximum absolute atomic E-state index is 14.9. The van der Waals surface area contributed by atoms with E-state index >= 15 is 0 Å². The molecule has 0 aliphatic carbocycles. The van der Waals surface area contributed by atoms with Gasteiger partial charge in [-0.1, -0.05) is 30.3 Å². The van der Waals surface area contributed by atoms with Crippen LogP contribution in [0.1, 0.15) is 35.3 Å². The van der Waals surface area contributed by atoms with E-state index in [1.165, 1.54) is 0 Å². The van der Waals surface area contributed by atoms with Gasteiger partial charge < -0.3 is 15.2 Å². The first-order chi connectivity index (χ1) is 16.3. The van der Waals surface area contributed by atoms with E-state index in [-0.39, 0.29) is 31.3 Å². The van der Waals surface area contributed by atoms with E-state index in [0.717, 1.165) is 22.1 Å². The summed E-state index contributed by atoms with van der Waals surface area (Å²) in [5, 5.41) is 7.43. The molecule has 0 saturated carbocycles. The lowest BCUT2D eigenvalue weighted by atomic mass is 10.1. The van der Waals surface area contributed by atoms with Gasteiger partial charge in [-0.05, 0) is 18.6 Å². The molecule has 10 heteroatoms. The number of rotatable bonds is 10. The number of halogens is 3. The van der Waals surface area contributed by atoms with E-state index < -0.39 is 29.2 Å². The molecule has 1 atom stereocenters. The van der Waals surface area contributed by atoms with E-state index in [4.69, 9.17) is 32.4 Å². The normalized spacial score (nSPS) is 11.6. The standard InChI is InChI=1S/C24H23ClF2N4O3/c1-2-33-22(24(32)31(25)13-15-5-7-17(8-6-15)23(28)29)21-19(26)10-18(11-20(21)27)34-14-16-4-3-9-30-12-16/h3-12,22H,2,13-14H2,1H3,(H3,28,29). The van der Waals surface area contributed by atoms with Crippen LogP contribution < -0.4 is 10.5 Å². The quantitative estimate of drug-likeness (QED) is 0.249. The van der Waals surface area contributed by atoms with Gasteiger partial charge in [0.2, 0.25) is 0 Å². The van der Waals surface area contributed by atoms with Crippen molar-refractivity contribution in [3.05, 3.63) is 94.8 Å². The highest BCUT2D eigenvalue weighted by molar-refractivity contribution is 6.21. The van der Waals surface area contributed by atoms with Crippen molar-refractivity contribution < 1.29 is 23.0 Å². The molecule has 0 aliphatic rings. The third kappa shape index (κ3) is 6.27. The van der Waals surface area contributed by atoms with Gasteiger partial charge in [0.15, 0.2) is 6.10 Å². The topological polar surface area (TPSA) is 102 Å². The number of carbonyl (C=O) groups excluding carboxylic acids is 1. The summed E-state index contributed by atoms with van der Waals surface area (Å²) < 4.78 is 41.5. The van der Waals surface area contributed by atoms with Crippen LogP contribution in [-0.2, 0) is 22.7 Å². The van der Waals surface area contributed by atoms with Crippen LogP contribution in [0.3, 0.4) is 0 Å². The number of amidine groups is 1. The molecule has 34 heavy (non-hydrogen) atoms. The number of aromatic nitrogens is 1. The van der Waals surface area contributed by atoms with E-state index in [1.807, 2.05) is 0 Å². The first kappa shape index (κ1) is 25.1. The molecule has 1 amide bonds. The Hall–Kier alpha value is -3.56. The number of nitrogen functional groups attached to an aromatic ring is 1. The minimum absolute atomic E-state index is 0.0204. The van der Waals surface area contributed by atoms with Gasteiger partial charge in [0.25, 0.3) is 5.91 Å². The van der Waals surface area contributed by atoms with Crippen LogP contribution in [0.4, 0.5) is 8.78 Å². The number of amides is 1. The number of hydrogen-bond donors (Lipinski definition) is 2. The molecule has 3 N–H and O–H groups in total. The maximum Gasteiger partial charge on any atom is 0.271 e. The van der Waals surface area contributed by atoms with Gasteiger partial charge >= 0.3 is 0 Å². The van der Waals surface area contributed by atoms with Crippen molar-refractivity contribution in [1.82, 2.24) is 9.40 Å². The third-order valence-corrected chi connectivity index (χ3v) is 5.11. The molecular weight excluding hydrogens is 466 g/mol. The summed E-state index contributed by atoms with van der Waals surface area (Å²) >= 11 is 6.16. The van der Waals surface area contributed by atoms with Crippen molar-refractivity contribution in [2.45, 2.75) is 26.2 Å². The van der Waals surface area contributed by atoms with E-state index in [2.05, 4.69) is 4.98 Å². The predicted octanol–water partition coefficient (Wildman–Crippen LogP) is 4.48. The van der Waals surface area contributed by atoms with Crippen LogP contribution in [0.15, 0.2) is 60.9 Å². The highest BCUT2D eigenvalue weighted by atomic mass is 35.5. The maximum atomic E-state index is 14.9. The van der Waals surface area contributed by atoms with Gasteiger partial charge in [0.05, 0.1) is 12.1 Å². The van der Waals surface area contributed by atoms with Gasteiger partial charge in [-0.25, -0.2) is 13.2 Å². The van der Waals surface area contributed by atoms with E-state index in [1.54, 1.807) is 55.7 Å². The van der Waals surface area contributed by atoms with E-state index in [0.29, 0.717) is 11.1 Å². The average molecular weight is 489 g/mol. The Labute approximate surface area is 200 Å². The van der Waals surface area contributed by atoms with Gasteiger partial charge in [-0.3, -0.25) is 15.2 Å². The molecule has 0 aliphatic heterocycles. The SMILES string of the molecule is CCOC(C(=O)N(Cl)Cc1ccc(C(=N)N)cc1)c1c(F)cc(OCc2cccnc2)cc1F. The Bertz CT molecular complexity index is 1120.